The normalized spacial score (nSPS) is 13.4. The number of benzene rings is 1. The van der Waals surface area contributed by atoms with Crippen molar-refractivity contribution in [2.24, 2.45) is 4.99 Å². The van der Waals surface area contributed by atoms with Crippen molar-refractivity contribution in [3.63, 3.8) is 0 Å². The van der Waals surface area contributed by atoms with Crippen LogP contribution in [0.3, 0.4) is 0 Å². The van der Waals surface area contributed by atoms with E-state index in [-0.39, 0.29) is 5.82 Å². The molecule has 4 heteroatoms. The van der Waals surface area contributed by atoms with Gasteiger partial charge in [-0.2, -0.15) is 0 Å². The number of ether oxygens (including phenoxy) is 1. The first-order chi connectivity index (χ1) is 8.65. The first kappa shape index (κ1) is 10.9. The molecule has 3 rings (SSSR count). The van der Waals surface area contributed by atoms with Crippen LogP contribution in [0.15, 0.2) is 35.2 Å². The predicted octanol–water partition coefficient (Wildman–Crippen LogP) is 3.30. The Kier molecular flexibility index (Phi) is 2.37. The van der Waals surface area contributed by atoms with Crippen LogP contribution in [0.2, 0.25) is 0 Å². The highest BCUT2D eigenvalue weighted by molar-refractivity contribution is 5.87. The third kappa shape index (κ3) is 1.66. The van der Waals surface area contributed by atoms with Crippen LogP contribution in [0, 0.1) is 19.7 Å². The highest BCUT2D eigenvalue weighted by atomic mass is 19.1. The molecular formula is C14H11FN2O. The van der Waals surface area contributed by atoms with E-state index in [1.54, 1.807) is 18.4 Å². The molecular weight excluding hydrogens is 231 g/mol. The predicted molar refractivity (Wildman–Crippen MR) is 68.4 cm³/mol. The minimum absolute atomic E-state index is 0.302. The lowest BCUT2D eigenvalue weighted by molar-refractivity contribution is 0.418. The van der Waals surface area contributed by atoms with Gasteiger partial charge in [0.2, 0.25) is 5.88 Å². The third-order valence-corrected chi connectivity index (χ3v) is 3.00. The summed E-state index contributed by atoms with van der Waals surface area (Å²) >= 11 is 0. The van der Waals surface area contributed by atoms with E-state index in [0.29, 0.717) is 17.0 Å². The van der Waals surface area contributed by atoms with Crippen molar-refractivity contribution in [2.75, 3.05) is 0 Å². The molecule has 1 aromatic heterocycles. The minimum atomic E-state index is -0.302. The van der Waals surface area contributed by atoms with E-state index in [0.717, 1.165) is 16.8 Å². The molecule has 0 saturated carbocycles. The SMILES string of the molecule is Cc1nc2ccc(F)cc2c(OC2=CC=N2)c1C. The summed E-state index contributed by atoms with van der Waals surface area (Å²) in [7, 11) is 0. The molecule has 90 valence electrons. The summed E-state index contributed by atoms with van der Waals surface area (Å²) in [5, 5.41) is 0.668. The maximum atomic E-state index is 13.4. The number of hydrogen-bond donors (Lipinski definition) is 0. The van der Waals surface area contributed by atoms with Crippen LogP contribution in [0.4, 0.5) is 4.39 Å². The molecule has 2 aromatic rings. The Morgan fingerprint density at radius 1 is 1.22 bits per heavy atom. The molecule has 0 unspecified atom stereocenters. The highest BCUT2D eigenvalue weighted by Gasteiger charge is 2.14. The summed E-state index contributed by atoms with van der Waals surface area (Å²) in [5.74, 6) is 0.859. The average Bonchev–Trinajstić information content (AvgIpc) is 2.28. The fourth-order valence-corrected chi connectivity index (χ4v) is 1.85. The number of aliphatic imine (C=N–C) groups is 1. The lowest BCUT2D eigenvalue weighted by Gasteiger charge is -2.15. The molecule has 0 amide bonds. The molecule has 0 radical (unpaired) electrons. The standard InChI is InChI=1S/C14H11FN2O/c1-8-9(2)17-12-4-3-10(15)7-11(12)14(8)18-13-5-6-16-13/h3-7H,1-2H3. The summed E-state index contributed by atoms with van der Waals surface area (Å²) in [6.45, 7) is 3.81. The molecule has 0 bridgehead atoms. The quantitative estimate of drug-likeness (QED) is 0.809. The molecule has 18 heavy (non-hydrogen) atoms. The van der Waals surface area contributed by atoms with Crippen molar-refractivity contribution in [3.05, 3.63) is 47.2 Å². The molecule has 3 nitrogen and oxygen atoms in total. The fraction of sp³-hybridized carbons (Fsp3) is 0.143. The van der Waals surface area contributed by atoms with Gasteiger partial charge in [0.05, 0.1) is 5.52 Å². The Morgan fingerprint density at radius 3 is 2.67 bits per heavy atom. The number of nitrogens with zero attached hydrogens (tertiary/aromatic N) is 2. The Bertz CT molecular complexity index is 704. The van der Waals surface area contributed by atoms with Crippen LogP contribution in [0.25, 0.3) is 10.9 Å². The zero-order valence-electron chi connectivity index (χ0n) is 10.1. The van der Waals surface area contributed by atoms with E-state index in [4.69, 9.17) is 4.74 Å². The van der Waals surface area contributed by atoms with Gasteiger partial charge in [-0.05, 0) is 32.0 Å². The van der Waals surface area contributed by atoms with Gasteiger partial charge in [-0.1, -0.05) is 0 Å². The molecule has 1 aliphatic heterocycles. The zero-order valence-corrected chi connectivity index (χ0v) is 10.1. The number of aryl methyl sites for hydroxylation is 1. The highest BCUT2D eigenvalue weighted by Crippen LogP contribution is 2.32. The van der Waals surface area contributed by atoms with E-state index in [9.17, 15) is 4.39 Å². The van der Waals surface area contributed by atoms with Crippen LogP contribution >= 0.6 is 0 Å². The minimum Gasteiger partial charge on any atom is -0.438 e. The van der Waals surface area contributed by atoms with Gasteiger partial charge in [0.25, 0.3) is 0 Å². The first-order valence-corrected chi connectivity index (χ1v) is 5.64. The van der Waals surface area contributed by atoms with E-state index in [1.807, 2.05) is 13.8 Å². The number of aromatic nitrogens is 1. The second kappa shape index (κ2) is 3.91. The second-order valence-corrected chi connectivity index (χ2v) is 4.20. The van der Waals surface area contributed by atoms with Gasteiger partial charge < -0.3 is 4.74 Å². The average molecular weight is 242 g/mol. The van der Waals surface area contributed by atoms with E-state index in [2.05, 4.69) is 9.98 Å². The molecule has 1 aliphatic rings. The van der Waals surface area contributed by atoms with E-state index < -0.39 is 0 Å². The number of pyridine rings is 1. The van der Waals surface area contributed by atoms with Crippen molar-refractivity contribution in [1.29, 1.82) is 0 Å². The maximum Gasteiger partial charge on any atom is 0.220 e. The summed E-state index contributed by atoms with van der Waals surface area (Å²) < 4.78 is 19.0. The molecule has 0 atom stereocenters. The van der Waals surface area contributed by atoms with Crippen LogP contribution in [0.5, 0.6) is 5.75 Å². The summed E-state index contributed by atoms with van der Waals surface area (Å²) in [6.07, 6.45) is 3.42. The molecule has 0 saturated heterocycles. The monoisotopic (exact) mass is 242 g/mol. The Balaban J connectivity index is 2.24. The second-order valence-electron chi connectivity index (χ2n) is 4.20. The topological polar surface area (TPSA) is 34.5 Å². The maximum absolute atomic E-state index is 13.4. The van der Waals surface area contributed by atoms with Gasteiger partial charge in [-0.15, -0.1) is 0 Å². The summed E-state index contributed by atoms with van der Waals surface area (Å²) in [5.41, 5.74) is 2.49. The lowest BCUT2D eigenvalue weighted by atomic mass is 10.1. The number of allylic oxidation sites excluding steroid dienone is 1. The van der Waals surface area contributed by atoms with Gasteiger partial charge in [-0.3, -0.25) is 4.98 Å². The summed E-state index contributed by atoms with van der Waals surface area (Å²) in [4.78, 5) is 8.39. The number of rotatable bonds is 2. The van der Waals surface area contributed by atoms with Gasteiger partial charge in [0.1, 0.15) is 11.6 Å². The first-order valence-electron chi connectivity index (χ1n) is 5.64. The molecule has 0 N–H and O–H groups in total. The third-order valence-electron chi connectivity index (χ3n) is 3.00. The van der Waals surface area contributed by atoms with Crippen molar-refractivity contribution < 1.29 is 9.13 Å². The Hall–Kier alpha value is -2.23. The lowest BCUT2D eigenvalue weighted by Crippen LogP contribution is -2.03. The van der Waals surface area contributed by atoms with Crippen molar-refractivity contribution >= 4 is 17.1 Å². The van der Waals surface area contributed by atoms with E-state index >= 15 is 0 Å². The smallest absolute Gasteiger partial charge is 0.220 e. The van der Waals surface area contributed by atoms with Crippen LogP contribution in [-0.4, -0.2) is 11.2 Å². The van der Waals surface area contributed by atoms with Crippen LogP contribution < -0.4 is 4.74 Å². The molecule has 2 heterocycles. The Morgan fingerprint density at radius 2 is 2.00 bits per heavy atom. The number of hydrogen-bond acceptors (Lipinski definition) is 3. The van der Waals surface area contributed by atoms with Gasteiger partial charge in [0.15, 0.2) is 0 Å². The molecule has 1 aromatic carbocycles. The van der Waals surface area contributed by atoms with Crippen molar-refractivity contribution in [1.82, 2.24) is 4.98 Å². The molecule has 0 fully saturated rings. The molecule has 0 spiro atoms. The summed E-state index contributed by atoms with van der Waals surface area (Å²) in [6, 6.07) is 4.49. The van der Waals surface area contributed by atoms with Crippen molar-refractivity contribution in [2.45, 2.75) is 13.8 Å². The molecule has 0 aliphatic carbocycles. The zero-order chi connectivity index (χ0) is 12.7. The fourth-order valence-electron chi connectivity index (χ4n) is 1.85. The van der Waals surface area contributed by atoms with Gasteiger partial charge in [-0.25, -0.2) is 9.38 Å². The Labute approximate surface area is 104 Å². The van der Waals surface area contributed by atoms with Crippen LogP contribution in [-0.2, 0) is 0 Å². The van der Waals surface area contributed by atoms with Crippen LogP contribution in [0.1, 0.15) is 11.3 Å². The van der Waals surface area contributed by atoms with Gasteiger partial charge >= 0.3 is 0 Å². The van der Waals surface area contributed by atoms with E-state index in [1.165, 1.54) is 12.1 Å². The number of fused-ring (bicyclic) bond motifs is 1. The van der Waals surface area contributed by atoms with Crippen molar-refractivity contribution in [3.8, 4) is 5.75 Å². The number of halogens is 1. The van der Waals surface area contributed by atoms with Gasteiger partial charge in [0, 0.05) is 28.9 Å². The largest absolute Gasteiger partial charge is 0.438 e.